The van der Waals surface area contributed by atoms with Gasteiger partial charge in [-0.05, 0) is 44.4 Å². The van der Waals surface area contributed by atoms with Crippen molar-refractivity contribution in [1.82, 2.24) is 14.7 Å². The number of benzene rings is 1. The Morgan fingerprint density at radius 3 is 2.68 bits per heavy atom. The van der Waals surface area contributed by atoms with Gasteiger partial charge in [-0.1, -0.05) is 30.5 Å². The molecule has 2 heterocycles. The molecule has 4 heteroatoms. The van der Waals surface area contributed by atoms with Gasteiger partial charge in [-0.25, -0.2) is 4.98 Å². The van der Waals surface area contributed by atoms with Gasteiger partial charge in [0.15, 0.2) is 0 Å². The highest BCUT2D eigenvalue weighted by atomic mass is 16.5. The van der Waals surface area contributed by atoms with E-state index in [1.54, 1.807) is 0 Å². The van der Waals surface area contributed by atoms with Crippen molar-refractivity contribution < 1.29 is 4.52 Å². The van der Waals surface area contributed by atoms with E-state index in [9.17, 15) is 0 Å². The Hall–Kier alpha value is -2.10. The standard InChI is InChI=1S/C18H21N3O/c1-12-18(13(2)22-20-12)14-8-9-17-16(10-14)19-11-21(17)15-6-4-3-5-7-15/h8-11,15H,3-7H2,1-2H3. The summed E-state index contributed by atoms with van der Waals surface area (Å²) in [6.45, 7) is 3.94. The van der Waals surface area contributed by atoms with Crippen molar-refractivity contribution in [2.45, 2.75) is 52.0 Å². The molecular formula is C18H21N3O. The molecule has 0 aliphatic heterocycles. The lowest BCUT2D eigenvalue weighted by Crippen LogP contribution is -2.11. The molecule has 1 fully saturated rings. The Labute approximate surface area is 130 Å². The highest BCUT2D eigenvalue weighted by molar-refractivity contribution is 5.83. The van der Waals surface area contributed by atoms with E-state index in [2.05, 4.69) is 32.9 Å². The van der Waals surface area contributed by atoms with Crippen LogP contribution in [0.15, 0.2) is 29.0 Å². The van der Waals surface area contributed by atoms with Crippen molar-refractivity contribution in [2.24, 2.45) is 0 Å². The highest BCUT2D eigenvalue weighted by Crippen LogP contribution is 2.33. The van der Waals surface area contributed by atoms with Gasteiger partial charge in [-0.15, -0.1) is 0 Å². The second kappa shape index (κ2) is 5.27. The fraction of sp³-hybridized carbons (Fsp3) is 0.444. The average Bonchev–Trinajstić information content (AvgIpc) is 3.11. The molecule has 0 unspecified atom stereocenters. The molecule has 1 saturated carbocycles. The monoisotopic (exact) mass is 295 g/mol. The molecule has 22 heavy (non-hydrogen) atoms. The number of nitrogens with zero attached hydrogens (tertiary/aromatic N) is 3. The zero-order valence-corrected chi connectivity index (χ0v) is 13.2. The normalized spacial score (nSPS) is 16.5. The summed E-state index contributed by atoms with van der Waals surface area (Å²) in [5, 5.41) is 4.05. The summed E-state index contributed by atoms with van der Waals surface area (Å²) < 4.78 is 7.65. The largest absolute Gasteiger partial charge is 0.361 e. The third kappa shape index (κ3) is 2.14. The molecule has 0 spiro atoms. The Kier molecular flexibility index (Phi) is 3.25. The summed E-state index contributed by atoms with van der Waals surface area (Å²) in [7, 11) is 0. The number of rotatable bonds is 2. The molecule has 0 N–H and O–H groups in total. The molecule has 0 saturated heterocycles. The molecule has 0 bridgehead atoms. The van der Waals surface area contributed by atoms with Crippen LogP contribution in [0.3, 0.4) is 0 Å². The van der Waals surface area contributed by atoms with E-state index in [0.29, 0.717) is 6.04 Å². The third-order valence-electron chi connectivity index (χ3n) is 4.86. The van der Waals surface area contributed by atoms with Gasteiger partial charge in [-0.2, -0.15) is 0 Å². The lowest BCUT2D eigenvalue weighted by atomic mass is 9.95. The van der Waals surface area contributed by atoms with Crippen LogP contribution < -0.4 is 0 Å². The first-order valence-corrected chi connectivity index (χ1v) is 8.14. The molecule has 4 nitrogen and oxygen atoms in total. The number of fused-ring (bicyclic) bond motifs is 1. The van der Waals surface area contributed by atoms with Crippen LogP contribution in [-0.4, -0.2) is 14.7 Å². The van der Waals surface area contributed by atoms with E-state index in [1.807, 2.05) is 20.2 Å². The van der Waals surface area contributed by atoms with Crippen LogP contribution in [0.2, 0.25) is 0 Å². The maximum Gasteiger partial charge on any atom is 0.141 e. The van der Waals surface area contributed by atoms with E-state index in [0.717, 1.165) is 28.1 Å². The van der Waals surface area contributed by atoms with Crippen molar-refractivity contribution >= 4 is 11.0 Å². The topological polar surface area (TPSA) is 43.9 Å². The van der Waals surface area contributed by atoms with Gasteiger partial charge in [0.05, 0.1) is 23.1 Å². The lowest BCUT2D eigenvalue weighted by Gasteiger charge is -2.23. The third-order valence-corrected chi connectivity index (χ3v) is 4.86. The van der Waals surface area contributed by atoms with Gasteiger partial charge in [0.25, 0.3) is 0 Å². The molecule has 1 aliphatic carbocycles. The Bertz CT molecular complexity index is 789. The molecule has 0 atom stereocenters. The Morgan fingerprint density at radius 2 is 1.95 bits per heavy atom. The number of aryl methyl sites for hydroxylation is 2. The van der Waals surface area contributed by atoms with Crippen LogP contribution in [0.4, 0.5) is 0 Å². The summed E-state index contributed by atoms with van der Waals surface area (Å²) >= 11 is 0. The first-order valence-electron chi connectivity index (χ1n) is 8.14. The predicted molar refractivity (Wildman–Crippen MR) is 86.8 cm³/mol. The van der Waals surface area contributed by atoms with Gasteiger partial charge in [0.2, 0.25) is 0 Å². The molecule has 3 aromatic rings. The number of hydrogen-bond acceptors (Lipinski definition) is 3. The zero-order valence-electron chi connectivity index (χ0n) is 13.2. The summed E-state index contributed by atoms with van der Waals surface area (Å²) in [5.74, 6) is 0.864. The Morgan fingerprint density at radius 1 is 1.14 bits per heavy atom. The van der Waals surface area contributed by atoms with Crippen molar-refractivity contribution in [3.63, 3.8) is 0 Å². The maximum atomic E-state index is 5.29. The van der Waals surface area contributed by atoms with Crippen molar-refractivity contribution in [1.29, 1.82) is 0 Å². The summed E-state index contributed by atoms with van der Waals surface area (Å²) in [6, 6.07) is 7.12. The molecule has 0 amide bonds. The fourth-order valence-corrected chi connectivity index (χ4v) is 3.73. The van der Waals surface area contributed by atoms with Gasteiger partial charge in [0, 0.05) is 11.6 Å². The predicted octanol–water partition coefficient (Wildman–Crippen LogP) is 4.81. The highest BCUT2D eigenvalue weighted by Gasteiger charge is 2.18. The van der Waals surface area contributed by atoms with Crippen LogP contribution >= 0.6 is 0 Å². The second-order valence-electron chi connectivity index (χ2n) is 6.35. The molecule has 114 valence electrons. The van der Waals surface area contributed by atoms with Crippen molar-refractivity contribution in [3.05, 3.63) is 36.0 Å². The maximum absolute atomic E-state index is 5.29. The quantitative estimate of drug-likeness (QED) is 0.681. The second-order valence-corrected chi connectivity index (χ2v) is 6.35. The molecule has 1 aliphatic rings. The molecule has 2 aromatic heterocycles. The average molecular weight is 295 g/mol. The van der Waals surface area contributed by atoms with E-state index in [4.69, 9.17) is 4.52 Å². The molecular weight excluding hydrogens is 274 g/mol. The minimum atomic E-state index is 0.615. The van der Waals surface area contributed by atoms with E-state index in [1.165, 1.54) is 37.6 Å². The lowest BCUT2D eigenvalue weighted by molar-refractivity contribution is 0.359. The van der Waals surface area contributed by atoms with Crippen molar-refractivity contribution in [3.8, 4) is 11.1 Å². The smallest absolute Gasteiger partial charge is 0.141 e. The van der Waals surface area contributed by atoms with E-state index < -0.39 is 0 Å². The first kappa shape index (κ1) is 13.6. The molecule has 4 rings (SSSR count). The van der Waals surface area contributed by atoms with Crippen LogP contribution in [0.5, 0.6) is 0 Å². The van der Waals surface area contributed by atoms with Crippen LogP contribution in [0.1, 0.15) is 49.6 Å². The van der Waals surface area contributed by atoms with Crippen LogP contribution in [0.25, 0.3) is 22.2 Å². The van der Waals surface area contributed by atoms with Gasteiger partial charge in [0.1, 0.15) is 5.76 Å². The minimum absolute atomic E-state index is 0.615. The number of hydrogen-bond donors (Lipinski definition) is 0. The Balaban J connectivity index is 1.77. The number of imidazole rings is 1. The van der Waals surface area contributed by atoms with Crippen LogP contribution in [-0.2, 0) is 0 Å². The SMILES string of the molecule is Cc1noc(C)c1-c1ccc2c(c1)ncn2C1CCCCC1. The summed E-state index contributed by atoms with van der Waals surface area (Å²) in [4.78, 5) is 4.64. The minimum Gasteiger partial charge on any atom is -0.361 e. The van der Waals surface area contributed by atoms with E-state index in [-0.39, 0.29) is 0 Å². The van der Waals surface area contributed by atoms with Crippen molar-refractivity contribution in [2.75, 3.05) is 0 Å². The van der Waals surface area contributed by atoms with Gasteiger partial charge >= 0.3 is 0 Å². The van der Waals surface area contributed by atoms with Gasteiger partial charge in [-0.3, -0.25) is 0 Å². The zero-order chi connectivity index (χ0) is 15.1. The summed E-state index contributed by atoms with van der Waals surface area (Å²) in [5.41, 5.74) is 5.46. The van der Waals surface area contributed by atoms with Crippen LogP contribution in [0, 0.1) is 13.8 Å². The van der Waals surface area contributed by atoms with Gasteiger partial charge < -0.3 is 9.09 Å². The summed E-state index contributed by atoms with van der Waals surface area (Å²) in [6.07, 6.45) is 8.61. The molecule has 0 radical (unpaired) electrons. The first-order chi connectivity index (χ1) is 10.7. The fourth-order valence-electron chi connectivity index (χ4n) is 3.73. The number of aromatic nitrogens is 3. The van der Waals surface area contributed by atoms with E-state index >= 15 is 0 Å². The molecule has 1 aromatic carbocycles.